The maximum Gasteiger partial charge on any atom is 0.0389 e. The SMILES string of the molecule is C1=CC2CC3=NCCC[C@H]3C[C@@H]2C=C1. The summed E-state index contributed by atoms with van der Waals surface area (Å²) in [5.41, 5.74) is 1.53. The molecule has 3 atom stereocenters. The van der Waals surface area contributed by atoms with Crippen LogP contribution in [-0.4, -0.2) is 12.3 Å². The average molecular weight is 187 g/mol. The topological polar surface area (TPSA) is 12.4 Å². The summed E-state index contributed by atoms with van der Waals surface area (Å²) in [7, 11) is 0. The molecule has 0 amide bonds. The quantitative estimate of drug-likeness (QED) is 0.553. The molecule has 0 aromatic rings. The minimum absolute atomic E-state index is 0.757. The smallest absolute Gasteiger partial charge is 0.0389 e. The molecule has 1 heteroatoms. The molecule has 0 N–H and O–H groups in total. The van der Waals surface area contributed by atoms with E-state index in [4.69, 9.17) is 4.99 Å². The zero-order valence-corrected chi connectivity index (χ0v) is 8.52. The molecule has 14 heavy (non-hydrogen) atoms. The van der Waals surface area contributed by atoms with Crippen LogP contribution in [0.4, 0.5) is 0 Å². The third kappa shape index (κ3) is 1.35. The highest BCUT2D eigenvalue weighted by Gasteiger charge is 2.33. The van der Waals surface area contributed by atoms with Gasteiger partial charge in [-0.1, -0.05) is 24.3 Å². The third-order valence-corrected chi connectivity index (χ3v) is 3.88. The largest absolute Gasteiger partial charge is 0.294 e. The summed E-state index contributed by atoms with van der Waals surface area (Å²) in [5.74, 6) is 2.39. The van der Waals surface area contributed by atoms with Crippen molar-refractivity contribution < 1.29 is 0 Å². The van der Waals surface area contributed by atoms with E-state index in [0.29, 0.717) is 0 Å². The molecule has 0 saturated heterocycles. The minimum Gasteiger partial charge on any atom is -0.294 e. The summed E-state index contributed by atoms with van der Waals surface area (Å²) in [4.78, 5) is 4.70. The highest BCUT2D eigenvalue weighted by atomic mass is 14.8. The lowest BCUT2D eigenvalue weighted by Crippen LogP contribution is -2.33. The van der Waals surface area contributed by atoms with Gasteiger partial charge >= 0.3 is 0 Å². The third-order valence-electron chi connectivity index (χ3n) is 3.88. The number of nitrogens with zero attached hydrogens (tertiary/aromatic N) is 1. The van der Waals surface area contributed by atoms with Gasteiger partial charge in [0.1, 0.15) is 0 Å². The van der Waals surface area contributed by atoms with Crippen molar-refractivity contribution in [2.24, 2.45) is 22.7 Å². The van der Waals surface area contributed by atoms with Crippen LogP contribution in [0.2, 0.25) is 0 Å². The van der Waals surface area contributed by atoms with Crippen LogP contribution in [0.25, 0.3) is 0 Å². The predicted molar refractivity (Wildman–Crippen MR) is 59.5 cm³/mol. The molecule has 1 unspecified atom stereocenters. The van der Waals surface area contributed by atoms with E-state index in [9.17, 15) is 0 Å². The molecule has 0 aromatic heterocycles. The fraction of sp³-hybridized carbons (Fsp3) is 0.615. The second-order valence-electron chi connectivity index (χ2n) is 4.75. The van der Waals surface area contributed by atoms with Crippen molar-refractivity contribution in [1.82, 2.24) is 0 Å². The van der Waals surface area contributed by atoms with Crippen LogP contribution in [0, 0.1) is 17.8 Å². The Hall–Kier alpha value is -0.850. The van der Waals surface area contributed by atoms with Crippen molar-refractivity contribution in [3.63, 3.8) is 0 Å². The van der Waals surface area contributed by atoms with Crippen LogP contribution < -0.4 is 0 Å². The number of fused-ring (bicyclic) bond motifs is 2. The average Bonchev–Trinajstić information content (AvgIpc) is 2.26. The molecule has 1 heterocycles. The van der Waals surface area contributed by atoms with E-state index in [1.54, 1.807) is 0 Å². The highest BCUT2D eigenvalue weighted by Crippen LogP contribution is 2.38. The first-order valence-electron chi connectivity index (χ1n) is 5.82. The monoisotopic (exact) mass is 187 g/mol. The van der Waals surface area contributed by atoms with E-state index >= 15 is 0 Å². The van der Waals surface area contributed by atoms with Gasteiger partial charge in [-0.05, 0) is 43.4 Å². The van der Waals surface area contributed by atoms with Gasteiger partial charge in [0.15, 0.2) is 0 Å². The summed E-state index contributed by atoms with van der Waals surface area (Å²) in [6.45, 7) is 1.09. The summed E-state index contributed by atoms with van der Waals surface area (Å²) >= 11 is 0. The van der Waals surface area contributed by atoms with E-state index in [0.717, 1.165) is 24.3 Å². The Morgan fingerprint density at radius 1 is 1.14 bits per heavy atom. The van der Waals surface area contributed by atoms with Crippen LogP contribution in [0.15, 0.2) is 29.3 Å². The van der Waals surface area contributed by atoms with Crippen molar-refractivity contribution in [1.29, 1.82) is 0 Å². The van der Waals surface area contributed by atoms with Gasteiger partial charge in [0.05, 0.1) is 0 Å². The van der Waals surface area contributed by atoms with E-state index in [1.165, 1.54) is 31.4 Å². The molecule has 2 aliphatic carbocycles. The molecule has 0 radical (unpaired) electrons. The van der Waals surface area contributed by atoms with Gasteiger partial charge in [-0.2, -0.15) is 0 Å². The minimum atomic E-state index is 0.757. The first kappa shape index (κ1) is 8.46. The van der Waals surface area contributed by atoms with E-state index in [1.807, 2.05) is 0 Å². The molecule has 0 aromatic carbocycles. The number of hydrogen-bond acceptors (Lipinski definition) is 1. The van der Waals surface area contributed by atoms with Gasteiger partial charge in [-0.3, -0.25) is 4.99 Å². The summed E-state index contributed by atoms with van der Waals surface area (Å²) in [6, 6.07) is 0. The Morgan fingerprint density at radius 3 is 2.93 bits per heavy atom. The van der Waals surface area contributed by atoms with Crippen LogP contribution in [-0.2, 0) is 0 Å². The second-order valence-corrected chi connectivity index (χ2v) is 4.75. The number of rotatable bonds is 0. The van der Waals surface area contributed by atoms with Gasteiger partial charge in [-0.25, -0.2) is 0 Å². The highest BCUT2D eigenvalue weighted by molar-refractivity contribution is 5.88. The van der Waals surface area contributed by atoms with Crippen molar-refractivity contribution >= 4 is 5.71 Å². The second kappa shape index (κ2) is 3.38. The van der Waals surface area contributed by atoms with Gasteiger partial charge in [0.2, 0.25) is 0 Å². The van der Waals surface area contributed by atoms with Crippen LogP contribution in [0.5, 0.6) is 0 Å². The fourth-order valence-corrected chi connectivity index (χ4v) is 3.08. The fourth-order valence-electron chi connectivity index (χ4n) is 3.08. The lowest BCUT2D eigenvalue weighted by atomic mass is 9.69. The first-order chi connectivity index (χ1) is 6.93. The Balaban J connectivity index is 1.84. The van der Waals surface area contributed by atoms with Crippen LogP contribution in [0.1, 0.15) is 25.7 Å². The van der Waals surface area contributed by atoms with E-state index in [-0.39, 0.29) is 0 Å². The van der Waals surface area contributed by atoms with Gasteiger partial charge in [0.25, 0.3) is 0 Å². The van der Waals surface area contributed by atoms with Crippen molar-refractivity contribution in [2.45, 2.75) is 25.7 Å². The van der Waals surface area contributed by atoms with Gasteiger partial charge < -0.3 is 0 Å². The van der Waals surface area contributed by atoms with Crippen molar-refractivity contribution in [3.05, 3.63) is 24.3 Å². The van der Waals surface area contributed by atoms with E-state index in [2.05, 4.69) is 24.3 Å². The van der Waals surface area contributed by atoms with Gasteiger partial charge in [-0.15, -0.1) is 0 Å². The molecule has 1 nitrogen and oxygen atoms in total. The normalized spacial score (nSPS) is 40.0. The number of hydrogen-bond donors (Lipinski definition) is 0. The lowest BCUT2D eigenvalue weighted by Gasteiger charge is -2.37. The molecule has 0 spiro atoms. The Kier molecular flexibility index (Phi) is 2.04. The Morgan fingerprint density at radius 2 is 2.00 bits per heavy atom. The maximum atomic E-state index is 4.70. The molecule has 1 saturated carbocycles. The van der Waals surface area contributed by atoms with Crippen LogP contribution >= 0.6 is 0 Å². The zero-order valence-electron chi connectivity index (χ0n) is 8.52. The number of aliphatic imine (C=N–C) groups is 1. The summed E-state index contributed by atoms with van der Waals surface area (Å²) < 4.78 is 0. The molecule has 1 fully saturated rings. The molecule has 74 valence electrons. The molecule has 1 aliphatic heterocycles. The lowest BCUT2D eigenvalue weighted by molar-refractivity contribution is 0.344. The maximum absolute atomic E-state index is 4.70. The van der Waals surface area contributed by atoms with Crippen molar-refractivity contribution in [3.8, 4) is 0 Å². The first-order valence-corrected chi connectivity index (χ1v) is 5.82. The van der Waals surface area contributed by atoms with Crippen LogP contribution in [0.3, 0.4) is 0 Å². The van der Waals surface area contributed by atoms with E-state index < -0.39 is 0 Å². The number of allylic oxidation sites excluding steroid dienone is 4. The predicted octanol–water partition coefficient (Wildman–Crippen LogP) is 2.99. The molecular weight excluding hydrogens is 170 g/mol. The zero-order chi connectivity index (χ0) is 9.38. The molecular formula is C13H17N. The summed E-state index contributed by atoms with van der Waals surface area (Å²) in [6.07, 6.45) is 14.5. The molecule has 0 bridgehead atoms. The summed E-state index contributed by atoms with van der Waals surface area (Å²) in [5, 5.41) is 0. The Bertz CT molecular complexity index is 311. The standard InChI is InChI=1S/C13H17N/c1-2-5-11-9-13-12(6-3-7-14-13)8-10(11)4-1/h1-2,4-5,10-12H,3,6-9H2/t10-,11?,12-/m0/s1. The van der Waals surface area contributed by atoms with Crippen molar-refractivity contribution in [2.75, 3.05) is 6.54 Å². The Labute approximate surface area is 85.6 Å². The molecule has 3 aliphatic rings. The van der Waals surface area contributed by atoms with Gasteiger partial charge in [0, 0.05) is 12.3 Å². The molecule has 3 rings (SSSR count).